The van der Waals surface area contributed by atoms with Crippen molar-refractivity contribution in [1.29, 1.82) is 0 Å². The van der Waals surface area contributed by atoms with Crippen molar-refractivity contribution in [2.75, 3.05) is 43.9 Å². The van der Waals surface area contributed by atoms with Gasteiger partial charge in [-0.1, -0.05) is 0 Å². The van der Waals surface area contributed by atoms with Gasteiger partial charge in [0.15, 0.2) is 0 Å². The molecule has 29 heavy (non-hydrogen) atoms. The van der Waals surface area contributed by atoms with E-state index in [4.69, 9.17) is 5.73 Å². The number of halogens is 1. The molecule has 0 spiro atoms. The fraction of sp³-hybridized carbons (Fsp3) is 0.238. The van der Waals surface area contributed by atoms with Gasteiger partial charge in [-0.2, -0.15) is 0 Å². The van der Waals surface area contributed by atoms with Crippen LogP contribution in [0.25, 0.3) is 16.6 Å². The van der Waals surface area contributed by atoms with Crippen molar-refractivity contribution in [3.63, 3.8) is 0 Å². The number of aromatic carboxylic acids is 1. The van der Waals surface area contributed by atoms with Crippen molar-refractivity contribution in [3.05, 3.63) is 64.2 Å². The lowest BCUT2D eigenvalue weighted by Crippen LogP contribution is -2.44. The fourth-order valence-corrected chi connectivity index (χ4v) is 3.62. The van der Waals surface area contributed by atoms with Crippen molar-refractivity contribution in [3.8, 4) is 5.69 Å². The zero-order valence-electron chi connectivity index (χ0n) is 15.9. The summed E-state index contributed by atoms with van der Waals surface area (Å²) in [5, 5.41) is 9.48. The molecule has 3 aromatic rings. The average Bonchev–Trinajstić information content (AvgIpc) is 2.70. The van der Waals surface area contributed by atoms with E-state index in [0.29, 0.717) is 35.7 Å². The summed E-state index contributed by atoms with van der Waals surface area (Å²) in [5.74, 6) is -1.89. The maximum atomic E-state index is 14.9. The number of rotatable bonds is 3. The number of fused-ring (bicyclic) bond motifs is 1. The van der Waals surface area contributed by atoms with Gasteiger partial charge < -0.3 is 25.2 Å². The number of pyridine rings is 1. The number of nitrogen functional groups attached to an aromatic ring is 1. The molecule has 8 heteroatoms. The third-order valence-corrected chi connectivity index (χ3v) is 5.32. The molecule has 0 radical (unpaired) electrons. The van der Waals surface area contributed by atoms with Crippen LogP contribution in [0.2, 0.25) is 0 Å². The Hall–Kier alpha value is -3.39. The molecule has 2 heterocycles. The molecule has 0 unspecified atom stereocenters. The SMILES string of the molecule is CN1CCN(c2cc3c(cc2F)c(=O)c(C(=O)O)cn3-c2ccc(N)cc2)CC1. The summed E-state index contributed by atoms with van der Waals surface area (Å²) in [5.41, 5.74) is 6.67. The van der Waals surface area contributed by atoms with Gasteiger partial charge in [0.25, 0.3) is 0 Å². The fourth-order valence-electron chi connectivity index (χ4n) is 3.62. The van der Waals surface area contributed by atoms with Crippen LogP contribution in [0, 0.1) is 5.82 Å². The van der Waals surface area contributed by atoms with Crippen LogP contribution in [-0.4, -0.2) is 53.8 Å². The Morgan fingerprint density at radius 2 is 1.76 bits per heavy atom. The van der Waals surface area contributed by atoms with Crippen LogP contribution in [-0.2, 0) is 0 Å². The monoisotopic (exact) mass is 396 g/mol. The highest BCUT2D eigenvalue weighted by molar-refractivity contribution is 5.94. The van der Waals surface area contributed by atoms with Gasteiger partial charge in [0.2, 0.25) is 5.43 Å². The van der Waals surface area contributed by atoms with E-state index < -0.39 is 22.8 Å². The van der Waals surface area contributed by atoms with Gasteiger partial charge in [-0.25, -0.2) is 9.18 Å². The molecule has 150 valence electrons. The summed E-state index contributed by atoms with van der Waals surface area (Å²) >= 11 is 0. The third-order valence-electron chi connectivity index (χ3n) is 5.32. The molecule has 1 aliphatic rings. The first-order valence-electron chi connectivity index (χ1n) is 9.27. The Morgan fingerprint density at radius 3 is 2.38 bits per heavy atom. The maximum Gasteiger partial charge on any atom is 0.341 e. The minimum atomic E-state index is -1.36. The number of anilines is 2. The lowest BCUT2D eigenvalue weighted by atomic mass is 10.1. The van der Waals surface area contributed by atoms with Crippen molar-refractivity contribution < 1.29 is 14.3 Å². The number of carboxylic acids is 1. The number of carbonyl (C=O) groups is 1. The van der Waals surface area contributed by atoms with Gasteiger partial charge >= 0.3 is 5.97 Å². The summed E-state index contributed by atoms with van der Waals surface area (Å²) in [6.07, 6.45) is 1.28. The first-order valence-corrected chi connectivity index (χ1v) is 9.27. The van der Waals surface area contributed by atoms with Gasteiger partial charge in [0, 0.05) is 49.1 Å². The molecule has 0 aliphatic carbocycles. The molecule has 7 nitrogen and oxygen atoms in total. The van der Waals surface area contributed by atoms with Gasteiger partial charge in [-0.3, -0.25) is 4.79 Å². The van der Waals surface area contributed by atoms with Crippen LogP contribution in [0.1, 0.15) is 10.4 Å². The van der Waals surface area contributed by atoms with Crippen molar-refractivity contribution in [2.24, 2.45) is 0 Å². The molecule has 1 fully saturated rings. The molecule has 0 atom stereocenters. The lowest BCUT2D eigenvalue weighted by molar-refractivity contribution is 0.0695. The van der Waals surface area contributed by atoms with Crippen LogP contribution >= 0.6 is 0 Å². The summed E-state index contributed by atoms with van der Waals surface area (Å²) in [6, 6.07) is 9.59. The maximum absolute atomic E-state index is 14.9. The van der Waals surface area contributed by atoms with Crippen molar-refractivity contribution >= 4 is 28.2 Å². The third kappa shape index (κ3) is 3.42. The Morgan fingerprint density at radius 1 is 1.10 bits per heavy atom. The second-order valence-corrected chi connectivity index (χ2v) is 7.25. The van der Waals surface area contributed by atoms with Crippen LogP contribution < -0.4 is 16.1 Å². The van der Waals surface area contributed by atoms with Gasteiger partial charge in [0.05, 0.1) is 11.2 Å². The Balaban J connectivity index is 1.97. The molecule has 4 rings (SSSR count). The highest BCUT2D eigenvalue weighted by Gasteiger charge is 2.22. The van der Waals surface area contributed by atoms with Crippen LogP contribution in [0.3, 0.4) is 0 Å². The van der Waals surface area contributed by atoms with Crippen LogP contribution in [0.15, 0.2) is 47.4 Å². The lowest BCUT2D eigenvalue weighted by Gasteiger charge is -2.34. The van der Waals surface area contributed by atoms with Gasteiger partial charge in [0.1, 0.15) is 11.4 Å². The highest BCUT2D eigenvalue weighted by atomic mass is 19.1. The molecule has 0 saturated carbocycles. The molecule has 1 aromatic heterocycles. The van der Waals surface area contributed by atoms with Gasteiger partial charge in [-0.05, 0) is 43.4 Å². The standard InChI is InChI=1S/C21H21FN4O3/c1-24-6-8-25(9-7-24)19-11-18-15(10-17(19)22)20(27)16(21(28)29)12-26(18)14-4-2-13(23)3-5-14/h2-5,10-12H,6-9,23H2,1H3,(H,28,29). The molecule has 2 aromatic carbocycles. The first kappa shape index (κ1) is 18.9. The summed E-state index contributed by atoms with van der Waals surface area (Å²) in [6.45, 7) is 2.94. The Labute approximate surface area is 166 Å². The number of benzene rings is 2. The normalized spacial score (nSPS) is 15.0. The van der Waals surface area contributed by atoms with E-state index in [9.17, 15) is 19.1 Å². The van der Waals surface area contributed by atoms with E-state index in [0.717, 1.165) is 19.2 Å². The van der Waals surface area contributed by atoms with E-state index >= 15 is 0 Å². The predicted molar refractivity (Wildman–Crippen MR) is 111 cm³/mol. The molecule has 3 N–H and O–H groups in total. The molecular weight excluding hydrogens is 375 g/mol. The number of nitrogens with zero attached hydrogens (tertiary/aromatic N) is 3. The zero-order valence-corrected chi connectivity index (χ0v) is 15.9. The molecule has 1 aliphatic heterocycles. The number of piperazine rings is 1. The number of carboxylic acid groups (broad SMARTS) is 1. The predicted octanol–water partition coefficient (Wildman–Crippen LogP) is 2.16. The quantitative estimate of drug-likeness (QED) is 0.660. The highest BCUT2D eigenvalue weighted by Crippen LogP contribution is 2.28. The molecule has 0 bridgehead atoms. The minimum Gasteiger partial charge on any atom is -0.477 e. The second-order valence-electron chi connectivity index (χ2n) is 7.25. The van der Waals surface area contributed by atoms with Crippen LogP contribution in [0.4, 0.5) is 15.8 Å². The molecule has 0 amide bonds. The number of hydrogen-bond acceptors (Lipinski definition) is 5. The smallest absolute Gasteiger partial charge is 0.341 e. The van der Waals surface area contributed by atoms with E-state index in [1.807, 2.05) is 11.9 Å². The number of likely N-dealkylation sites (N-methyl/N-ethyl adjacent to an activating group) is 1. The van der Waals surface area contributed by atoms with E-state index in [-0.39, 0.29) is 5.39 Å². The topological polar surface area (TPSA) is 91.8 Å². The van der Waals surface area contributed by atoms with E-state index in [1.165, 1.54) is 6.20 Å². The number of nitrogens with two attached hydrogens (primary N) is 1. The largest absolute Gasteiger partial charge is 0.477 e. The number of hydrogen-bond donors (Lipinski definition) is 2. The first-order chi connectivity index (χ1) is 13.8. The second kappa shape index (κ2) is 7.21. The Bertz CT molecular complexity index is 1150. The molecule has 1 saturated heterocycles. The number of aromatic nitrogens is 1. The zero-order chi connectivity index (χ0) is 20.7. The molecular formula is C21H21FN4O3. The van der Waals surface area contributed by atoms with Crippen LogP contribution in [0.5, 0.6) is 0 Å². The van der Waals surface area contributed by atoms with Crippen molar-refractivity contribution in [1.82, 2.24) is 9.47 Å². The summed E-state index contributed by atoms with van der Waals surface area (Å²) in [7, 11) is 2.01. The van der Waals surface area contributed by atoms with Crippen molar-refractivity contribution in [2.45, 2.75) is 0 Å². The van der Waals surface area contributed by atoms with Gasteiger partial charge in [-0.15, -0.1) is 0 Å². The van der Waals surface area contributed by atoms with E-state index in [2.05, 4.69) is 4.90 Å². The minimum absolute atomic E-state index is 0.0251. The Kier molecular flexibility index (Phi) is 4.71. The van der Waals surface area contributed by atoms with E-state index in [1.54, 1.807) is 34.9 Å². The summed E-state index contributed by atoms with van der Waals surface area (Å²) < 4.78 is 16.5. The average molecular weight is 396 g/mol. The summed E-state index contributed by atoms with van der Waals surface area (Å²) in [4.78, 5) is 28.4.